The van der Waals surface area contributed by atoms with E-state index in [1.165, 1.54) is 71.3 Å². The van der Waals surface area contributed by atoms with Gasteiger partial charge in [-0.25, -0.2) is 0 Å². The van der Waals surface area contributed by atoms with Crippen molar-refractivity contribution in [2.24, 2.45) is 0 Å². The van der Waals surface area contributed by atoms with Crippen LogP contribution in [0.3, 0.4) is 0 Å². The second-order valence-electron chi connectivity index (χ2n) is 14.2. The number of rotatable bonds is 7. The Kier molecular flexibility index (Phi) is 8.24. The van der Waals surface area contributed by atoms with Gasteiger partial charge in [0.25, 0.3) is 0 Å². The second kappa shape index (κ2) is 14.0. The van der Waals surface area contributed by atoms with Crippen LogP contribution in [-0.2, 0) is 0 Å². The Balaban J connectivity index is 1.22. The van der Waals surface area contributed by atoms with Crippen molar-refractivity contribution in [2.75, 3.05) is 4.90 Å². The van der Waals surface area contributed by atoms with Gasteiger partial charge in [-0.15, -0.1) is 0 Å². The molecule has 1 heteroatoms. The molecule has 1 nitrogen and oxygen atoms in total. The number of nitrogens with zero attached hydrogens (tertiary/aromatic N) is 1. The highest BCUT2D eigenvalue weighted by Crippen LogP contribution is 2.45. The van der Waals surface area contributed by atoms with Crippen molar-refractivity contribution in [1.82, 2.24) is 0 Å². The molecule has 10 rings (SSSR count). The van der Waals surface area contributed by atoms with Crippen molar-refractivity contribution in [3.05, 3.63) is 224 Å². The summed E-state index contributed by atoms with van der Waals surface area (Å²) in [5, 5.41) is 7.51. The van der Waals surface area contributed by atoms with Gasteiger partial charge in [-0.2, -0.15) is 0 Å². The van der Waals surface area contributed by atoms with Crippen molar-refractivity contribution < 1.29 is 0 Å². The van der Waals surface area contributed by atoms with Crippen LogP contribution in [0.2, 0.25) is 0 Å². The minimum Gasteiger partial charge on any atom is -0.310 e. The summed E-state index contributed by atoms with van der Waals surface area (Å²) in [6, 6.07) is 81.6. The standard InChI is InChI=1S/C54H37N/c1-3-15-38(16-4-1)44-31-32-50(40-18-5-2-6-19-40)54(37-44)55(47-24-13-22-42(34-47)43-30-29-39-17-7-8-20-41(39)33-43)48-25-14-23-45(35-48)53-36-46-21-9-10-26-49(46)51-27-11-12-28-52(51)53/h1-37H. The molecule has 0 aliphatic carbocycles. The van der Waals surface area contributed by atoms with Gasteiger partial charge < -0.3 is 4.90 Å². The molecule has 0 aliphatic rings. The van der Waals surface area contributed by atoms with Crippen molar-refractivity contribution >= 4 is 49.4 Å². The molecule has 0 saturated heterocycles. The zero-order chi connectivity index (χ0) is 36.6. The van der Waals surface area contributed by atoms with Crippen molar-refractivity contribution in [3.63, 3.8) is 0 Å². The first-order valence-electron chi connectivity index (χ1n) is 18.9. The summed E-state index contributed by atoms with van der Waals surface area (Å²) in [6.07, 6.45) is 0. The first-order valence-corrected chi connectivity index (χ1v) is 18.9. The van der Waals surface area contributed by atoms with Gasteiger partial charge in [0.05, 0.1) is 5.69 Å². The van der Waals surface area contributed by atoms with Crippen molar-refractivity contribution in [3.8, 4) is 44.5 Å². The third-order valence-corrected chi connectivity index (χ3v) is 10.8. The van der Waals surface area contributed by atoms with Crippen molar-refractivity contribution in [1.29, 1.82) is 0 Å². The van der Waals surface area contributed by atoms with E-state index in [0.717, 1.165) is 22.6 Å². The van der Waals surface area contributed by atoms with Crippen LogP contribution in [0.1, 0.15) is 0 Å². The maximum Gasteiger partial charge on any atom is 0.0546 e. The third-order valence-electron chi connectivity index (χ3n) is 10.8. The topological polar surface area (TPSA) is 3.24 Å². The summed E-state index contributed by atoms with van der Waals surface area (Å²) >= 11 is 0. The summed E-state index contributed by atoms with van der Waals surface area (Å²) in [7, 11) is 0. The lowest BCUT2D eigenvalue weighted by atomic mass is 9.92. The first kappa shape index (κ1) is 32.4. The van der Waals surface area contributed by atoms with E-state index in [9.17, 15) is 0 Å². The molecule has 10 aromatic rings. The fraction of sp³-hybridized carbons (Fsp3) is 0. The molecule has 0 bridgehead atoms. The van der Waals surface area contributed by atoms with Crippen LogP contribution in [-0.4, -0.2) is 0 Å². The summed E-state index contributed by atoms with van der Waals surface area (Å²) in [4.78, 5) is 2.45. The van der Waals surface area contributed by atoms with Crippen LogP contribution in [0.5, 0.6) is 0 Å². The maximum absolute atomic E-state index is 2.45. The highest BCUT2D eigenvalue weighted by atomic mass is 15.1. The maximum atomic E-state index is 2.45. The second-order valence-corrected chi connectivity index (χ2v) is 14.2. The van der Waals surface area contributed by atoms with E-state index >= 15 is 0 Å². The summed E-state index contributed by atoms with van der Waals surface area (Å²) in [6.45, 7) is 0. The van der Waals surface area contributed by atoms with Gasteiger partial charge in [0.2, 0.25) is 0 Å². The Bertz CT molecular complexity index is 2980. The van der Waals surface area contributed by atoms with E-state index in [4.69, 9.17) is 0 Å². The number of hydrogen-bond donors (Lipinski definition) is 0. The monoisotopic (exact) mass is 699 g/mol. The summed E-state index contributed by atoms with van der Waals surface area (Å²) in [5.74, 6) is 0. The van der Waals surface area contributed by atoms with E-state index in [-0.39, 0.29) is 0 Å². The molecule has 0 atom stereocenters. The molecule has 0 aromatic heterocycles. The van der Waals surface area contributed by atoms with Gasteiger partial charge in [0.1, 0.15) is 0 Å². The molecule has 258 valence electrons. The Morgan fingerprint density at radius 2 is 0.764 bits per heavy atom. The number of benzene rings is 10. The molecular formula is C54H37N. The SMILES string of the molecule is c1ccc(-c2ccc(-c3ccccc3)c(N(c3cccc(-c4ccc5ccccc5c4)c3)c3cccc(-c4cc5ccccc5c5ccccc45)c3)c2)cc1. The third kappa shape index (κ3) is 6.12. The van der Waals surface area contributed by atoms with Crippen LogP contribution in [0.15, 0.2) is 224 Å². The van der Waals surface area contributed by atoms with Gasteiger partial charge in [-0.05, 0) is 114 Å². The Labute approximate surface area is 322 Å². The quantitative estimate of drug-likeness (QED) is 0.150. The molecule has 0 saturated carbocycles. The highest BCUT2D eigenvalue weighted by molar-refractivity contribution is 6.14. The fourth-order valence-corrected chi connectivity index (χ4v) is 8.11. The van der Waals surface area contributed by atoms with Gasteiger partial charge in [-0.1, -0.05) is 182 Å². The number of hydrogen-bond acceptors (Lipinski definition) is 1. The Morgan fingerprint density at radius 3 is 1.53 bits per heavy atom. The lowest BCUT2D eigenvalue weighted by Crippen LogP contribution is -2.12. The zero-order valence-corrected chi connectivity index (χ0v) is 30.3. The molecule has 55 heavy (non-hydrogen) atoms. The van der Waals surface area contributed by atoms with Gasteiger partial charge >= 0.3 is 0 Å². The van der Waals surface area contributed by atoms with E-state index in [1.54, 1.807) is 0 Å². The van der Waals surface area contributed by atoms with E-state index in [1.807, 2.05) is 0 Å². The minimum absolute atomic E-state index is 1.09. The largest absolute Gasteiger partial charge is 0.310 e. The minimum atomic E-state index is 1.09. The van der Waals surface area contributed by atoms with Crippen LogP contribution in [0.4, 0.5) is 17.1 Å². The average Bonchev–Trinajstić information content (AvgIpc) is 3.27. The highest BCUT2D eigenvalue weighted by Gasteiger charge is 2.20. The van der Waals surface area contributed by atoms with Crippen LogP contribution in [0, 0.1) is 0 Å². The van der Waals surface area contributed by atoms with Gasteiger partial charge in [0, 0.05) is 16.9 Å². The first-order chi connectivity index (χ1) is 27.3. The molecule has 0 N–H and O–H groups in total. The van der Waals surface area contributed by atoms with E-state index in [0.29, 0.717) is 0 Å². The van der Waals surface area contributed by atoms with Crippen molar-refractivity contribution in [2.45, 2.75) is 0 Å². The van der Waals surface area contributed by atoms with Crippen LogP contribution < -0.4 is 4.90 Å². The average molecular weight is 700 g/mol. The lowest BCUT2D eigenvalue weighted by molar-refractivity contribution is 1.28. The van der Waals surface area contributed by atoms with Gasteiger partial charge in [0.15, 0.2) is 0 Å². The molecule has 0 spiro atoms. The Hall–Kier alpha value is -7.22. The molecule has 0 amide bonds. The smallest absolute Gasteiger partial charge is 0.0546 e. The molecule has 0 fully saturated rings. The van der Waals surface area contributed by atoms with E-state index < -0.39 is 0 Å². The predicted octanol–water partition coefficient (Wildman–Crippen LogP) is 15.3. The normalized spacial score (nSPS) is 11.3. The molecule has 0 radical (unpaired) electrons. The molecule has 10 aromatic carbocycles. The molecule has 0 aliphatic heterocycles. The number of fused-ring (bicyclic) bond motifs is 4. The summed E-state index contributed by atoms with van der Waals surface area (Å²) in [5.41, 5.74) is 12.8. The van der Waals surface area contributed by atoms with Gasteiger partial charge in [-0.3, -0.25) is 0 Å². The molecular weight excluding hydrogens is 663 g/mol. The van der Waals surface area contributed by atoms with Crippen LogP contribution >= 0.6 is 0 Å². The fourth-order valence-electron chi connectivity index (χ4n) is 8.11. The number of anilines is 3. The Morgan fingerprint density at radius 1 is 0.236 bits per heavy atom. The molecule has 0 unspecified atom stereocenters. The lowest BCUT2D eigenvalue weighted by Gasteiger charge is -2.29. The molecule has 0 heterocycles. The van der Waals surface area contributed by atoms with Crippen LogP contribution in [0.25, 0.3) is 76.8 Å². The zero-order valence-electron chi connectivity index (χ0n) is 30.3. The predicted molar refractivity (Wildman–Crippen MR) is 235 cm³/mol. The van der Waals surface area contributed by atoms with E-state index in [2.05, 4.69) is 229 Å². The summed E-state index contributed by atoms with van der Waals surface area (Å²) < 4.78 is 0.